The number of carbonyl (C=O) groups is 1. The zero-order valence-corrected chi connectivity index (χ0v) is 13.4. The van der Waals surface area contributed by atoms with Crippen LogP contribution in [0.25, 0.3) is 0 Å². The van der Waals surface area contributed by atoms with Crippen LogP contribution < -0.4 is 0 Å². The number of halogens is 1. The first-order valence-electron chi connectivity index (χ1n) is 6.07. The van der Waals surface area contributed by atoms with Crippen molar-refractivity contribution in [1.29, 1.82) is 0 Å². The Kier molecular flexibility index (Phi) is 8.53. The van der Waals surface area contributed by atoms with Crippen LogP contribution in [0, 0.1) is 11.8 Å². The van der Waals surface area contributed by atoms with E-state index in [4.69, 9.17) is 3.07 Å². The molecule has 0 aliphatic carbocycles. The lowest BCUT2D eigenvalue weighted by Crippen LogP contribution is -2.45. The minimum Gasteiger partial charge on any atom is -0.393 e. The molecule has 0 aliphatic heterocycles. The second kappa shape index (κ2) is 8.42. The van der Waals surface area contributed by atoms with Gasteiger partial charge in [0, 0.05) is 12.3 Å². The molecule has 0 bridgehead atoms. The highest BCUT2D eigenvalue weighted by Crippen LogP contribution is 2.19. The number of hydrogen-bond acceptors (Lipinski definition) is 5. The van der Waals surface area contributed by atoms with E-state index < -0.39 is 24.4 Å². The Morgan fingerprint density at radius 3 is 1.94 bits per heavy atom. The van der Waals surface area contributed by atoms with Crippen molar-refractivity contribution >= 4 is 28.8 Å². The fourth-order valence-electron chi connectivity index (χ4n) is 1.48. The lowest BCUT2D eigenvalue weighted by atomic mass is 9.92. The van der Waals surface area contributed by atoms with Crippen molar-refractivity contribution in [2.75, 3.05) is 0 Å². The zero-order chi connectivity index (χ0) is 14.5. The topological polar surface area (TPSA) is 87.0 Å². The molecule has 0 saturated carbocycles. The zero-order valence-electron chi connectivity index (χ0n) is 11.2. The Hall–Kier alpha value is 0.240. The van der Waals surface area contributed by atoms with Gasteiger partial charge in [-0.3, -0.25) is 4.79 Å². The first-order valence-corrected chi connectivity index (χ1v) is 6.95. The van der Waals surface area contributed by atoms with Crippen LogP contribution in [-0.2, 0) is 7.86 Å². The molecule has 18 heavy (non-hydrogen) atoms. The van der Waals surface area contributed by atoms with E-state index in [1.54, 1.807) is 36.9 Å². The molecule has 0 aromatic heterocycles. The quantitative estimate of drug-likeness (QED) is 0.554. The molecule has 0 heterocycles. The normalized spacial score (nSPS) is 18.8. The van der Waals surface area contributed by atoms with E-state index in [9.17, 15) is 20.1 Å². The lowest BCUT2D eigenvalue weighted by molar-refractivity contribution is -0.138. The molecule has 0 saturated heterocycles. The molecule has 4 unspecified atom stereocenters. The summed E-state index contributed by atoms with van der Waals surface area (Å²) in [6.45, 7) is 7.00. The standard InChI is InChI=1S/C12H23IO5/c1-6(2)8(14)5-9(15)12(18-13)11(17)10(16)7(3)4/h6-9,11-12,14-15,17H,5H2,1-4H3. The number of carbonyl (C=O) groups excluding carboxylic acids is 1. The molecule has 0 aromatic carbocycles. The minimum atomic E-state index is -1.38. The summed E-state index contributed by atoms with van der Waals surface area (Å²) >= 11 is 1.55. The van der Waals surface area contributed by atoms with Crippen LogP contribution in [0.1, 0.15) is 34.1 Å². The van der Waals surface area contributed by atoms with Gasteiger partial charge >= 0.3 is 0 Å². The highest BCUT2D eigenvalue weighted by Gasteiger charge is 2.35. The van der Waals surface area contributed by atoms with Gasteiger partial charge in [-0.2, -0.15) is 0 Å². The summed E-state index contributed by atoms with van der Waals surface area (Å²) < 4.78 is 4.96. The first kappa shape index (κ1) is 18.2. The first-order chi connectivity index (χ1) is 8.22. The number of rotatable bonds is 8. The molecule has 0 rings (SSSR count). The van der Waals surface area contributed by atoms with Gasteiger partial charge in [0.05, 0.1) is 12.2 Å². The average Bonchev–Trinajstić information content (AvgIpc) is 2.28. The molecule has 0 spiro atoms. The van der Waals surface area contributed by atoms with E-state index in [2.05, 4.69) is 0 Å². The molecule has 0 aromatic rings. The van der Waals surface area contributed by atoms with Gasteiger partial charge < -0.3 is 18.4 Å². The van der Waals surface area contributed by atoms with Crippen LogP contribution in [-0.4, -0.2) is 45.5 Å². The fraction of sp³-hybridized carbons (Fsp3) is 0.917. The molecule has 4 atom stereocenters. The predicted octanol–water partition coefficient (Wildman–Crippen LogP) is 1.08. The van der Waals surface area contributed by atoms with E-state index >= 15 is 0 Å². The average molecular weight is 374 g/mol. The van der Waals surface area contributed by atoms with Gasteiger partial charge in [-0.15, -0.1) is 0 Å². The van der Waals surface area contributed by atoms with E-state index in [-0.39, 0.29) is 24.0 Å². The van der Waals surface area contributed by atoms with Crippen molar-refractivity contribution in [3.63, 3.8) is 0 Å². The summed E-state index contributed by atoms with van der Waals surface area (Å²) in [4.78, 5) is 11.7. The minimum absolute atomic E-state index is 0.00699. The predicted molar refractivity (Wildman–Crippen MR) is 76.2 cm³/mol. The third kappa shape index (κ3) is 5.48. The Labute approximate surface area is 122 Å². The second-order valence-electron chi connectivity index (χ2n) is 5.17. The van der Waals surface area contributed by atoms with Gasteiger partial charge in [0.1, 0.15) is 35.2 Å². The van der Waals surface area contributed by atoms with Crippen LogP contribution in [0.5, 0.6) is 0 Å². The Morgan fingerprint density at radius 1 is 1.11 bits per heavy atom. The molecule has 0 radical (unpaired) electrons. The maximum atomic E-state index is 11.7. The molecule has 5 nitrogen and oxygen atoms in total. The van der Waals surface area contributed by atoms with E-state index in [0.717, 1.165) is 0 Å². The smallest absolute Gasteiger partial charge is 0.166 e. The molecule has 0 amide bonds. The molecule has 108 valence electrons. The molecule has 3 N–H and O–H groups in total. The monoisotopic (exact) mass is 374 g/mol. The highest BCUT2D eigenvalue weighted by atomic mass is 127. The van der Waals surface area contributed by atoms with Crippen LogP contribution in [0.3, 0.4) is 0 Å². The van der Waals surface area contributed by atoms with Crippen LogP contribution >= 0.6 is 23.0 Å². The molecule has 0 aliphatic rings. The summed E-state index contributed by atoms with van der Waals surface area (Å²) in [5, 5.41) is 29.5. The summed E-state index contributed by atoms with van der Waals surface area (Å²) in [6, 6.07) is 0. The maximum Gasteiger partial charge on any atom is 0.166 e. The van der Waals surface area contributed by atoms with Crippen LogP contribution in [0.4, 0.5) is 0 Å². The number of Topliss-reactive ketones (excluding diaryl/α,β-unsaturated/α-hetero) is 1. The van der Waals surface area contributed by atoms with Crippen molar-refractivity contribution in [2.45, 2.75) is 58.5 Å². The van der Waals surface area contributed by atoms with Gasteiger partial charge in [0.15, 0.2) is 5.78 Å². The Morgan fingerprint density at radius 2 is 1.61 bits per heavy atom. The van der Waals surface area contributed by atoms with Crippen molar-refractivity contribution < 1.29 is 23.2 Å². The van der Waals surface area contributed by atoms with Gasteiger partial charge in [0.2, 0.25) is 0 Å². The fourth-order valence-corrected chi connectivity index (χ4v) is 2.09. The maximum absolute atomic E-state index is 11.7. The molecular formula is C12H23IO5. The third-order valence-electron chi connectivity index (χ3n) is 2.91. The van der Waals surface area contributed by atoms with Crippen molar-refractivity contribution in [3.05, 3.63) is 0 Å². The molecule has 0 fully saturated rings. The van der Waals surface area contributed by atoms with Crippen LogP contribution in [0.2, 0.25) is 0 Å². The number of aliphatic hydroxyl groups is 3. The third-order valence-corrected chi connectivity index (χ3v) is 3.49. The van der Waals surface area contributed by atoms with Gasteiger partial charge in [-0.25, -0.2) is 0 Å². The molecular weight excluding hydrogens is 351 g/mol. The van der Waals surface area contributed by atoms with Crippen LogP contribution in [0.15, 0.2) is 0 Å². The Bertz CT molecular complexity index is 257. The number of ketones is 1. The van der Waals surface area contributed by atoms with E-state index in [1.807, 2.05) is 13.8 Å². The second-order valence-corrected chi connectivity index (χ2v) is 5.68. The van der Waals surface area contributed by atoms with Gasteiger partial charge in [-0.05, 0) is 5.92 Å². The lowest BCUT2D eigenvalue weighted by Gasteiger charge is -2.27. The summed E-state index contributed by atoms with van der Waals surface area (Å²) in [6.07, 6.45) is -4.12. The van der Waals surface area contributed by atoms with Gasteiger partial charge in [0.25, 0.3) is 0 Å². The largest absolute Gasteiger partial charge is 0.393 e. The highest BCUT2D eigenvalue weighted by molar-refractivity contribution is 14.1. The SMILES string of the molecule is CC(C)C(=O)C(O)C(OI)C(O)CC(O)C(C)C. The molecule has 6 heteroatoms. The summed E-state index contributed by atoms with van der Waals surface area (Å²) in [5.74, 6) is -0.724. The number of hydrogen-bond donors (Lipinski definition) is 3. The van der Waals surface area contributed by atoms with Gasteiger partial charge in [-0.1, -0.05) is 27.7 Å². The number of aliphatic hydroxyl groups excluding tert-OH is 3. The van der Waals surface area contributed by atoms with Crippen molar-refractivity contribution in [3.8, 4) is 0 Å². The van der Waals surface area contributed by atoms with E-state index in [1.165, 1.54) is 0 Å². The van der Waals surface area contributed by atoms with Crippen molar-refractivity contribution in [2.24, 2.45) is 11.8 Å². The summed E-state index contributed by atoms with van der Waals surface area (Å²) in [7, 11) is 0. The van der Waals surface area contributed by atoms with E-state index in [0.29, 0.717) is 0 Å². The van der Waals surface area contributed by atoms with Crippen molar-refractivity contribution in [1.82, 2.24) is 0 Å². The Balaban J connectivity index is 4.61. The summed E-state index contributed by atoms with van der Waals surface area (Å²) in [5.41, 5.74) is 0.